The third-order valence-electron chi connectivity index (χ3n) is 2.79. The van der Waals surface area contributed by atoms with E-state index in [1.54, 1.807) is 0 Å². The monoisotopic (exact) mass is 286 g/mol. The lowest BCUT2D eigenvalue weighted by Crippen LogP contribution is -2.27. The first-order valence-electron chi connectivity index (χ1n) is 5.71. The number of rotatable bonds is 3. The molecule has 1 fully saturated rings. The van der Waals surface area contributed by atoms with E-state index in [-0.39, 0.29) is 23.6 Å². The van der Waals surface area contributed by atoms with Gasteiger partial charge in [-0.25, -0.2) is 8.42 Å². The Morgan fingerprint density at radius 2 is 2.21 bits per heavy atom. The molecule has 104 valence electrons. The molecule has 7 nitrogen and oxygen atoms in total. The minimum atomic E-state index is -3.09. The van der Waals surface area contributed by atoms with E-state index >= 15 is 0 Å². The van der Waals surface area contributed by atoms with Gasteiger partial charge in [-0.15, -0.1) is 0 Å². The summed E-state index contributed by atoms with van der Waals surface area (Å²) in [7, 11) is -3.09. The smallest absolute Gasteiger partial charge is 0.326 e. The van der Waals surface area contributed by atoms with Gasteiger partial charge in [0.25, 0.3) is 5.56 Å². The van der Waals surface area contributed by atoms with E-state index in [0.29, 0.717) is 12.1 Å². The van der Waals surface area contributed by atoms with Crippen molar-refractivity contribution in [3.05, 3.63) is 28.7 Å². The van der Waals surface area contributed by atoms with Crippen molar-refractivity contribution in [1.82, 2.24) is 4.57 Å². The van der Waals surface area contributed by atoms with Crippen LogP contribution in [0.5, 0.6) is 0 Å². The lowest BCUT2D eigenvalue weighted by Gasteiger charge is -2.11. The summed E-state index contributed by atoms with van der Waals surface area (Å²) < 4.78 is 28.6. The average molecular weight is 286 g/mol. The second kappa shape index (κ2) is 5.04. The van der Waals surface area contributed by atoms with Gasteiger partial charge >= 0.3 is 5.97 Å². The molecule has 0 saturated carbocycles. The molecule has 1 aromatic heterocycles. The zero-order valence-electron chi connectivity index (χ0n) is 10.1. The molecule has 2 rings (SSSR count). The van der Waals surface area contributed by atoms with Crippen molar-refractivity contribution in [2.75, 3.05) is 17.2 Å². The standard InChI is InChI=1S/C11H14N2O5S/c12-8-1-2-10(14)13(5-8)6-11(15)18-9-3-4-19(16,17)7-9/h1-2,5,9H,3-4,6-7,12H2. The molecule has 0 spiro atoms. The first-order valence-corrected chi connectivity index (χ1v) is 7.54. The largest absolute Gasteiger partial charge is 0.460 e. The summed E-state index contributed by atoms with van der Waals surface area (Å²) in [6.07, 6.45) is 1.03. The number of hydrogen-bond acceptors (Lipinski definition) is 6. The van der Waals surface area contributed by atoms with Crippen LogP contribution in [0, 0.1) is 0 Å². The zero-order chi connectivity index (χ0) is 14.0. The number of ether oxygens (including phenoxy) is 1. The normalized spacial score (nSPS) is 21.2. The number of nitrogens with two attached hydrogens (primary N) is 1. The van der Waals surface area contributed by atoms with Crippen LogP contribution in [0.1, 0.15) is 6.42 Å². The summed E-state index contributed by atoms with van der Waals surface area (Å²) >= 11 is 0. The van der Waals surface area contributed by atoms with E-state index < -0.39 is 21.9 Å². The maximum Gasteiger partial charge on any atom is 0.326 e. The van der Waals surface area contributed by atoms with E-state index in [4.69, 9.17) is 10.5 Å². The summed E-state index contributed by atoms with van der Waals surface area (Å²) in [6, 6.07) is 2.69. The van der Waals surface area contributed by atoms with Crippen molar-refractivity contribution < 1.29 is 17.9 Å². The van der Waals surface area contributed by atoms with Gasteiger partial charge in [0, 0.05) is 18.0 Å². The number of hydrogen-bond donors (Lipinski definition) is 1. The molecule has 8 heteroatoms. The van der Waals surface area contributed by atoms with E-state index in [1.807, 2.05) is 0 Å². The lowest BCUT2D eigenvalue weighted by molar-refractivity contribution is -0.148. The summed E-state index contributed by atoms with van der Waals surface area (Å²) in [5, 5.41) is 0. The molecular formula is C11H14N2O5S. The molecule has 1 unspecified atom stereocenters. The fourth-order valence-corrected chi connectivity index (χ4v) is 3.48. The Hall–Kier alpha value is -1.83. The number of carbonyl (C=O) groups is 1. The molecule has 0 bridgehead atoms. The molecule has 1 aromatic rings. The molecular weight excluding hydrogens is 272 g/mol. The highest BCUT2D eigenvalue weighted by Crippen LogP contribution is 2.15. The van der Waals surface area contributed by atoms with Gasteiger partial charge in [-0.05, 0) is 12.5 Å². The van der Waals surface area contributed by atoms with Crippen molar-refractivity contribution in [2.45, 2.75) is 19.1 Å². The highest BCUT2D eigenvalue weighted by molar-refractivity contribution is 7.91. The second-order valence-corrected chi connectivity index (χ2v) is 6.67. The zero-order valence-corrected chi connectivity index (χ0v) is 10.9. The van der Waals surface area contributed by atoms with Crippen molar-refractivity contribution >= 4 is 21.5 Å². The molecule has 1 aliphatic heterocycles. The highest BCUT2D eigenvalue weighted by atomic mass is 32.2. The van der Waals surface area contributed by atoms with Gasteiger partial charge in [0.1, 0.15) is 12.6 Å². The van der Waals surface area contributed by atoms with Gasteiger partial charge in [-0.1, -0.05) is 0 Å². The Kier molecular flexibility index (Phi) is 3.61. The van der Waals surface area contributed by atoms with Crippen LogP contribution in [0.4, 0.5) is 5.69 Å². The number of carbonyl (C=O) groups excluding carboxylic acids is 1. The van der Waals surface area contributed by atoms with Crippen molar-refractivity contribution in [3.63, 3.8) is 0 Å². The van der Waals surface area contributed by atoms with E-state index in [0.717, 1.165) is 4.57 Å². The van der Waals surface area contributed by atoms with Crippen LogP contribution >= 0.6 is 0 Å². The Morgan fingerprint density at radius 3 is 2.84 bits per heavy atom. The topological polar surface area (TPSA) is 108 Å². The Morgan fingerprint density at radius 1 is 1.47 bits per heavy atom. The third-order valence-corrected chi connectivity index (χ3v) is 4.53. The van der Waals surface area contributed by atoms with Gasteiger partial charge in [0.2, 0.25) is 0 Å². The predicted octanol–water partition coefficient (Wildman–Crippen LogP) is -0.839. The molecule has 1 saturated heterocycles. The summed E-state index contributed by atoms with van der Waals surface area (Å²) in [5.74, 6) is -0.761. The SMILES string of the molecule is Nc1ccc(=O)n(CC(=O)OC2CCS(=O)(=O)C2)c1. The molecule has 0 amide bonds. The van der Waals surface area contributed by atoms with Crippen LogP contribution in [0.2, 0.25) is 0 Å². The van der Waals surface area contributed by atoms with E-state index in [9.17, 15) is 18.0 Å². The fraction of sp³-hybridized carbons (Fsp3) is 0.455. The first kappa shape index (κ1) is 13.6. The van der Waals surface area contributed by atoms with Gasteiger partial charge in [0.15, 0.2) is 9.84 Å². The van der Waals surface area contributed by atoms with E-state index in [1.165, 1.54) is 18.3 Å². The van der Waals surface area contributed by atoms with Crippen LogP contribution in [0.3, 0.4) is 0 Å². The van der Waals surface area contributed by atoms with Crippen LogP contribution in [-0.2, 0) is 25.9 Å². The summed E-state index contributed by atoms with van der Waals surface area (Å²) in [4.78, 5) is 23.1. The Bertz CT molecular complexity index is 649. The fourth-order valence-electron chi connectivity index (χ4n) is 1.89. The van der Waals surface area contributed by atoms with Gasteiger partial charge in [-0.2, -0.15) is 0 Å². The maximum atomic E-state index is 11.6. The maximum absolute atomic E-state index is 11.6. The van der Waals surface area contributed by atoms with Crippen LogP contribution in [0.15, 0.2) is 23.1 Å². The minimum Gasteiger partial charge on any atom is -0.460 e. The number of pyridine rings is 1. The number of nitrogens with zero attached hydrogens (tertiary/aromatic N) is 1. The first-order chi connectivity index (χ1) is 8.85. The number of esters is 1. The second-order valence-electron chi connectivity index (χ2n) is 4.44. The molecule has 19 heavy (non-hydrogen) atoms. The molecule has 0 aromatic carbocycles. The molecule has 1 aliphatic rings. The highest BCUT2D eigenvalue weighted by Gasteiger charge is 2.30. The summed E-state index contributed by atoms with van der Waals surface area (Å²) in [5.41, 5.74) is 5.50. The third kappa shape index (κ3) is 3.57. The number of nitrogen functional groups attached to an aromatic ring is 1. The quantitative estimate of drug-likeness (QED) is 0.726. The van der Waals surface area contributed by atoms with Crippen molar-refractivity contribution in [1.29, 1.82) is 0 Å². The van der Waals surface area contributed by atoms with Gasteiger partial charge in [0.05, 0.1) is 11.5 Å². The summed E-state index contributed by atoms with van der Waals surface area (Å²) in [6.45, 7) is -0.277. The Balaban J connectivity index is 1.99. The molecule has 0 radical (unpaired) electrons. The van der Waals surface area contributed by atoms with E-state index in [2.05, 4.69) is 0 Å². The van der Waals surface area contributed by atoms with Crippen molar-refractivity contribution in [3.8, 4) is 0 Å². The average Bonchev–Trinajstić information content (AvgIpc) is 2.63. The Labute approximate surface area is 109 Å². The van der Waals surface area contributed by atoms with Crippen LogP contribution < -0.4 is 11.3 Å². The minimum absolute atomic E-state index is 0.0309. The number of anilines is 1. The number of sulfone groups is 1. The van der Waals surface area contributed by atoms with Gasteiger partial charge in [-0.3, -0.25) is 9.59 Å². The van der Waals surface area contributed by atoms with Crippen molar-refractivity contribution in [2.24, 2.45) is 0 Å². The number of aromatic nitrogens is 1. The predicted molar refractivity (Wildman–Crippen MR) is 68.3 cm³/mol. The van der Waals surface area contributed by atoms with Gasteiger partial charge < -0.3 is 15.0 Å². The van der Waals surface area contributed by atoms with Crippen LogP contribution in [0.25, 0.3) is 0 Å². The molecule has 1 atom stereocenters. The molecule has 2 heterocycles. The van der Waals surface area contributed by atoms with Crippen LogP contribution in [-0.4, -0.2) is 36.6 Å². The molecule has 2 N–H and O–H groups in total. The lowest BCUT2D eigenvalue weighted by atomic mass is 10.3. The molecule has 0 aliphatic carbocycles.